The average molecular weight is 852 g/mol. The SMILES string of the molecule is CCc1ccc2cccc3c2c1C1(c2ccccc2-c2ccc(N(c4ccc5c(c4)C(c4ccccc4)(c4ccccc4)c4ccccc4-5)c4cccc5ccccc45)cc21)c1ccccc1-3. The van der Waals surface area contributed by atoms with Gasteiger partial charge in [0.1, 0.15) is 0 Å². The second-order valence-electron chi connectivity index (χ2n) is 18.5. The quantitative estimate of drug-likeness (QED) is 0.161. The van der Waals surface area contributed by atoms with Gasteiger partial charge < -0.3 is 4.90 Å². The monoisotopic (exact) mass is 851 g/mol. The molecule has 0 bridgehead atoms. The van der Waals surface area contributed by atoms with Crippen LogP contribution < -0.4 is 4.90 Å². The van der Waals surface area contributed by atoms with Gasteiger partial charge in [0.2, 0.25) is 0 Å². The van der Waals surface area contributed by atoms with Crippen molar-refractivity contribution in [3.63, 3.8) is 0 Å². The lowest BCUT2D eigenvalue weighted by Crippen LogP contribution is -2.33. The van der Waals surface area contributed by atoms with E-state index in [9.17, 15) is 0 Å². The molecule has 0 saturated heterocycles. The third kappa shape index (κ3) is 5.04. The fraction of sp³-hybridized carbons (Fsp3) is 0.0606. The molecule has 0 radical (unpaired) electrons. The lowest BCUT2D eigenvalue weighted by molar-refractivity contribution is 0.759. The van der Waals surface area contributed by atoms with Gasteiger partial charge in [-0.15, -0.1) is 0 Å². The van der Waals surface area contributed by atoms with Crippen molar-refractivity contribution in [2.75, 3.05) is 4.90 Å². The summed E-state index contributed by atoms with van der Waals surface area (Å²) in [6.45, 7) is 2.33. The molecule has 1 nitrogen and oxygen atoms in total. The van der Waals surface area contributed by atoms with Crippen LogP contribution in [-0.2, 0) is 17.3 Å². The molecule has 0 aliphatic heterocycles. The molecule has 0 N–H and O–H groups in total. The summed E-state index contributed by atoms with van der Waals surface area (Å²) in [7, 11) is 0. The second-order valence-corrected chi connectivity index (χ2v) is 18.5. The first kappa shape index (κ1) is 38.1. The van der Waals surface area contributed by atoms with Gasteiger partial charge in [0.25, 0.3) is 0 Å². The van der Waals surface area contributed by atoms with Crippen LogP contribution in [0.1, 0.15) is 57.0 Å². The van der Waals surface area contributed by atoms with Crippen molar-refractivity contribution in [1.82, 2.24) is 0 Å². The number of aryl methyl sites for hydroxylation is 1. The molecule has 1 atom stereocenters. The van der Waals surface area contributed by atoms with E-state index >= 15 is 0 Å². The molecular weight excluding hydrogens is 807 g/mol. The highest BCUT2D eigenvalue weighted by Gasteiger charge is 2.51. The molecular formula is C66H45N. The molecule has 3 aliphatic carbocycles. The van der Waals surface area contributed by atoms with Crippen molar-refractivity contribution in [3.05, 3.63) is 293 Å². The van der Waals surface area contributed by atoms with Crippen LogP contribution in [0.3, 0.4) is 0 Å². The number of anilines is 3. The topological polar surface area (TPSA) is 3.24 Å². The Kier molecular flexibility index (Phi) is 8.16. The molecule has 11 aromatic rings. The lowest BCUT2D eigenvalue weighted by atomic mass is 9.60. The highest BCUT2D eigenvalue weighted by atomic mass is 15.1. The van der Waals surface area contributed by atoms with E-state index < -0.39 is 10.8 Å². The molecule has 0 amide bonds. The van der Waals surface area contributed by atoms with Crippen molar-refractivity contribution < 1.29 is 0 Å². The predicted octanol–water partition coefficient (Wildman–Crippen LogP) is 16.7. The normalized spacial score (nSPS) is 15.5. The summed E-state index contributed by atoms with van der Waals surface area (Å²) in [4.78, 5) is 2.55. The Morgan fingerprint density at radius 2 is 0.806 bits per heavy atom. The van der Waals surface area contributed by atoms with Gasteiger partial charge in [0.15, 0.2) is 0 Å². The largest absolute Gasteiger partial charge is 0.310 e. The molecule has 0 saturated carbocycles. The molecule has 67 heavy (non-hydrogen) atoms. The van der Waals surface area contributed by atoms with Gasteiger partial charge in [-0.05, 0) is 136 Å². The lowest BCUT2D eigenvalue weighted by Gasteiger charge is -2.41. The molecule has 0 heterocycles. The molecule has 314 valence electrons. The predicted molar refractivity (Wildman–Crippen MR) is 279 cm³/mol. The van der Waals surface area contributed by atoms with Crippen molar-refractivity contribution >= 4 is 38.6 Å². The van der Waals surface area contributed by atoms with E-state index in [0.29, 0.717) is 0 Å². The summed E-state index contributed by atoms with van der Waals surface area (Å²) in [6, 6.07) is 91.7. The first-order valence-electron chi connectivity index (χ1n) is 23.7. The third-order valence-electron chi connectivity index (χ3n) is 15.5. The number of hydrogen-bond donors (Lipinski definition) is 0. The van der Waals surface area contributed by atoms with Crippen LogP contribution in [0, 0.1) is 0 Å². The Hall–Kier alpha value is -8.26. The van der Waals surface area contributed by atoms with E-state index in [1.807, 2.05) is 0 Å². The van der Waals surface area contributed by atoms with Crippen LogP contribution in [0.25, 0.3) is 54.9 Å². The second kappa shape index (κ2) is 14.4. The summed E-state index contributed by atoms with van der Waals surface area (Å²) in [5, 5.41) is 5.08. The van der Waals surface area contributed by atoms with Crippen molar-refractivity contribution in [3.8, 4) is 33.4 Å². The first-order chi connectivity index (χ1) is 33.2. The Labute approximate surface area is 391 Å². The van der Waals surface area contributed by atoms with Gasteiger partial charge in [-0.2, -0.15) is 0 Å². The third-order valence-corrected chi connectivity index (χ3v) is 15.5. The minimum Gasteiger partial charge on any atom is -0.310 e. The molecule has 0 aromatic heterocycles. The van der Waals surface area contributed by atoms with Crippen LogP contribution in [0.2, 0.25) is 0 Å². The highest BCUT2D eigenvalue weighted by molar-refractivity contribution is 6.08. The summed E-state index contributed by atoms with van der Waals surface area (Å²) in [5.74, 6) is 0. The minimum absolute atomic E-state index is 0.535. The molecule has 0 fully saturated rings. The molecule has 14 rings (SSSR count). The highest BCUT2D eigenvalue weighted by Crippen LogP contribution is 2.64. The average Bonchev–Trinajstić information content (AvgIpc) is 3.86. The van der Waals surface area contributed by atoms with Crippen molar-refractivity contribution in [2.45, 2.75) is 24.2 Å². The molecule has 3 aliphatic rings. The zero-order valence-electron chi connectivity index (χ0n) is 37.2. The number of hydrogen-bond acceptors (Lipinski definition) is 1. The maximum absolute atomic E-state index is 2.56. The Bertz CT molecular complexity index is 3760. The van der Waals surface area contributed by atoms with Gasteiger partial charge in [-0.3, -0.25) is 0 Å². The summed E-state index contributed by atoms with van der Waals surface area (Å²) < 4.78 is 0. The van der Waals surface area contributed by atoms with Gasteiger partial charge >= 0.3 is 0 Å². The summed E-state index contributed by atoms with van der Waals surface area (Å²) >= 11 is 0. The fourth-order valence-electron chi connectivity index (χ4n) is 12.9. The van der Waals surface area contributed by atoms with Crippen LogP contribution in [0.5, 0.6) is 0 Å². The molecule has 11 aromatic carbocycles. The maximum Gasteiger partial charge on any atom is 0.0729 e. The molecule has 1 spiro atoms. The summed E-state index contributed by atoms with van der Waals surface area (Å²) in [5.41, 5.74) is 22.1. The van der Waals surface area contributed by atoms with Crippen molar-refractivity contribution in [2.24, 2.45) is 0 Å². The smallest absolute Gasteiger partial charge is 0.0729 e. The van der Waals surface area contributed by atoms with E-state index in [1.165, 1.54) is 105 Å². The zero-order valence-corrected chi connectivity index (χ0v) is 37.2. The van der Waals surface area contributed by atoms with Crippen LogP contribution in [-0.4, -0.2) is 0 Å². The Morgan fingerprint density at radius 3 is 1.43 bits per heavy atom. The maximum atomic E-state index is 2.56. The number of rotatable bonds is 6. The molecule has 1 heteroatoms. The van der Waals surface area contributed by atoms with Gasteiger partial charge in [0, 0.05) is 16.8 Å². The number of fused-ring (bicyclic) bond motifs is 13. The van der Waals surface area contributed by atoms with Crippen molar-refractivity contribution in [1.29, 1.82) is 0 Å². The Morgan fingerprint density at radius 1 is 0.343 bits per heavy atom. The van der Waals surface area contributed by atoms with Crippen LogP contribution in [0.4, 0.5) is 17.1 Å². The van der Waals surface area contributed by atoms with E-state index in [-0.39, 0.29) is 0 Å². The van der Waals surface area contributed by atoms with E-state index in [0.717, 1.165) is 23.5 Å². The van der Waals surface area contributed by atoms with Gasteiger partial charge in [-0.25, -0.2) is 0 Å². The molecule has 1 unspecified atom stereocenters. The van der Waals surface area contributed by atoms with E-state index in [4.69, 9.17) is 0 Å². The zero-order chi connectivity index (χ0) is 44.3. The van der Waals surface area contributed by atoms with E-state index in [2.05, 4.69) is 254 Å². The minimum atomic E-state index is -0.544. The standard InChI is InChI=1S/C66H45N/c1-2-43-35-36-45-21-17-30-56-53-29-13-16-33-59(53)66(64(43)63(45)56)58-32-15-12-28-52(58)55-40-38-49(42-61(55)66)67(62-34-18-20-44-19-9-10-26-50(44)62)48-37-39-54-51-27-11-14-31-57(51)65(60(54)41-48,46-22-5-3-6-23-46)47-24-7-4-8-25-47/h3-42H,2H2,1H3. The first-order valence-corrected chi connectivity index (χ1v) is 23.7. The fourth-order valence-corrected chi connectivity index (χ4v) is 12.9. The summed E-state index contributed by atoms with van der Waals surface area (Å²) in [6.07, 6.45) is 0.935. The van der Waals surface area contributed by atoms with Gasteiger partial charge in [0.05, 0.1) is 16.5 Å². The van der Waals surface area contributed by atoms with E-state index in [1.54, 1.807) is 0 Å². The van der Waals surface area contributed by atoms with Crippen LogP contribution in [0.15, 0.2) is 243 Å². The van der Waals surface area contributed by atoms with Gasteiger partial charge in [-0.1, -0.05) is 219 Å². The number of benzene rings is 11. The van der Waals surface area contributed by atoms with Crippen LogP contribution >= 0.6 is 0 Å². The number of nitrogens with zero attached hydrogens (tertiary/aromatic N) is 1. The Balaban J connectivity index is 1.09.